The standard InChI is InChI=1S/C16H19FN4O2/c1-3-21-18-11(2)15(19-21)16(22)20-8-9-23-14(10-20)12-6-4-5-7-13(12)17/h4-7,14H,3,8-10H2,1-2H3. The van der Waals surface area contributed by atoms with E-state index in [1.165, 1.54) is 10.9 Å². The predicted octanol–water partition coefficient (Wildman–Crippen LogP) is 1.96. The van der Waals surface area contributed by atoms with Crippen molar-refractivity contribution in [3.8, 4) is 0 Å². The molecule has 1 atom stereocenters. The Hall–Kier alpha value is -2.28. The van der Waals surface area contributed by atoms with Crippen LogP contribution in [0.3, 0.4) is 0 Å². The van der Waals surface area contributed by atoms with E-state index in [4.69, 9.17) is 4.74 Å². The van der Waals surface area contributed by atoms with Crippen LogP contribution in [0.25, 0.3) is 0 Å². The largest absolute Gasteiger partial charge is 0.370 e. The van der Waals surface area contributed by atoms with Crippen LogP contribution < -0.4 is 0 Å². The molecule has 1 amide bonds. The van der Waals surface area contributed by atoms with Crippen molar-refractivity contribution in [3.63, 3.8) is 0 Å². The van der Waals surface area contributed by atoms with Gasteiger partial charge in [0.25, 0.3) is 5.91 Å². The molecule has 0 N–H and O–H groups in total. The van der Waals surface area contributed by atoms with Gasteiger partial charge >= 0.3 is 0 Å². The summed E-state index contributed by atoms with van der Waals surface area (Å²) in [6.45, 7) is 5.42. The van der Waals surface area contributed by atoms with Crippen molar-refractivity contribution in [2.24, 2.45) is 0 Å². The third-order valence-corrected chi connectivity index (χ3v) is 3.91. The molecule has 1 saturated heterocycles. The number of amides is 1. The molecule has 1 unspecified atom stereocenters. The molecule has 0 spiro atoms. The third kappa shape index (κ3) is 3.10. The van der Waals surface area contributed by atoms with Gasteiger partial charge in [0.15, 0.2) is 5.69 Å². The summed E-state index contributed by atoms with van der Waals surface area (Å²) in [4.78, 5) is 15.8. The van der Waals surface area contributed by atoms with Gasteiger partial charge < -0.3 is 9.64 Å². The van der Waals surface area contributed by atoms with Crippen molar-refractivity contribution in [2.75, 3.05) is 19.7 Å². The highest BCUT2D eigenvalue weighted by Crippen LogP contribution is 2.25. The lowest BCUT2D eigenvalue weighted by molar-refractivity contribution is -0.0245. The van der Waals surface area contributed by atoms with Crippen LogP contribution in [0.1, 0.15) is 34.8 Å². The summed E-state index contributed by atoms with van der Waals surface area (Å²) in [5, 5.41) is 8.42. The fourth-order valence-electron chi connectivity index (χ4n) is 2.68. The lowest BCUT2D eigenvalue weighted by Crippen LogP contribution is -2.42. The maximum absolute atomic E-state index is 13.9. The van der Waals surface area contributed by atoms with Gasteiger partial charge in [0.1, 0.15) is 11.9 Å². The molecule has 1 aliphatic heterocycles. The SMILES string of the molecule is CCn1nc(C)c(C(=O)N2CCOC(c3ccccc3F)C2)n1. The van der Waals surface area contributed by atoms with E-state index < -0.39 is 6.10 Å². The zero-order valence-corrected chi connectivity index (χ0v) is 13.2. The van der Waals surface area contributed by atoms with Gasteiger partial charge in [0.05, 0.1) is 25.4 Å². The van der Waals surface area contributed by atoms with Crippen LogP contribution in [-0.2, 0) is 11.3 Å². The minimum atomic E-state index is -0.463. The number of nitrogens with zero attached hydrogens (tertiary/aromatic N) is 4. The number of benzene rings is 1. The van der Waals surface area contributed by atoms with E-state index in [-0.39, 0.29) is 11.7 Å². The molecular weight excluding hydrogens is 299 g/mol. The van der Waals surface area contributed by atoms with Crippen LogP contribution >= 0.6 is 0 Å². The number of halogens is 1. The molecule has 0 radical (unpaired) electrons. The summed E-state index contributed by atoms with van der Waals surface area (Å²) in [6.07, 6.45) is -0.463. The minimum Gasteiger partial charge on any atom is -0.370 e. The summed E-state index contributed by atoms with van der Waals surface area (Å²) < 4.78 is 19.6. The first kappa shape index (κ1) is 15.6. The average molecular weight is 318 g/mol. The molecule has 0 aliphatic carbocycles. The lowest BCUT2D eigenvalue weighted by atomic mass is 10.1. The van der Waals surface area contributed by atoms with E-state index >= 15 is 0 Å². The Morgan fingerprint density at radius 2 is 2.17 bits per heavy atom. The average Bonchev–Trinajstić information content (AvgIpc) is 2.96. The van der Waals surface area contributed by atoms with E-state index in [2.05, 4.69) is 10.2 Å². The second-order valence-corrected chi connectivity index (χ2v) is 5.45. The van der Waals surface area contributed by atoms with Crippen LogP contribution in [0.4, 0.5) is 4.39 Å². The monoisotopic (exact) mass is 318 g/mol. The molecule has 6 nitrogen and oxygen atoms in total. The molecule has 0 saturated carbocycles. The van der Waals surface area contributed by atoms with Gasteiger partial charge in [0.2, 0.25) is 0 Å². The first-order chi connectivity index (χ1) is 11.1. The number of morpholine rings is 1. The highest BCUT2D eigenvalue weighted by molar-refractivity contribution is 5.93. The van der Waals surface area contributed by atoms with Crippen molar-refractivity contribution in [1.29, 1.82) is 0 Å². The topological polar surface area (TPSA) is 60.2 Å². The highest BCUT2D eigenvalue weighted by Gasteiger charge is 2.29. The smallest absolute Gasteiger partial charge is 0.276 e. The maximum atomic E-state index is 13.9. The van der Waals surface area contributed by atoms with E-state index in [9.17, 15) is 9.18 Å². The van der Waals surface area contributed by atoms with E-state index in [1.54, 1.807) is 30.0 Å². The van der Waals surface area contributed by atoms with Crippen LogP contribution in [-0.4, -0.2) is 45.5 Å². The molecule has 122 valence electrons. The Morgan fingerprint density at radius 1 is 1.39 bits per heavy atom. The molecule has 23 heavy (non-hydrogen) atoms. The van der Waals surface area contributed by atoms with Crippen molar-refractivity contribution in [1.82, 2.24) is 19.9 Å². The number of carbonyl (C=O) groups is 1. The molecule has 1 fully saturated rings. The number of carbonyl (C=O) groups excluding carboxylic acids is 1. The van der Waals surface area contributed by atoms with Crippen LogP contribution in [0, 0.1) is 12.7 Å². The fourth-order valence-corrected chi connectivity index (χ4v) is 2.68. The number of ether oxygens (including phenoxy) is 1. The van der Waals surface area contributed by atoms with E-state index in [0.29, 0.717) is 43.2 Å². The van der Waals surface area contributed by atoms with E-state index in [0.717, 1.165) is 0 Å². The quantitative estimate of drug-likeness (QED) is 0.868. The zero-order chi connectivity index (χ0) is 16.4. The van der Waals surface area contributed by atoms with Crippen molar-refractivity contribution in [3.05, 3.63) is 47.0 Å². The van der Waals surface area contributed by atoms with Gasteiger partial charge in [-0.2, -0.15) is 9.90 Å². The van der Waals surface area contributed by atoms with Gasteiger partial charge in [0, 0.05) is 12.1 Å². The molecule has 3 rings (SSSR count). The first-order valence-electron chi connectivity index (χ1n) is 7.67. The summed E-state index contributed by atoms with van der Waals surface area (Å²) in [6, 6.07) is 6.49. The van der Waals surface area contributed by atoms with E-state index in [1.807, 2.05) is 6.92 Å². The van der Waals surface area contributed by atoms with Crippen molar-refractivity contribution >= 4 is 5.91 Å². The molecular formula is C16H19FN4O2. The number of aromatic nitrogens is 3. The Balaban J connectivity index is 1.79. The second kappa shape index (κ2) is 6.45. The third-order valence-electron chi connectivity index (χ3n) is 3.91. The number of hydrogen-bond acceptors (Lipinski definition) is 4. The number of aryl methyl sites for hydroxylation is 2. The molecule has 2 heterocycles. The fraction of sp³-hybridized carbons (Fsp3) is 0.438. The normalized spacial score (nSPS) is 18.2. The Morgan fingerprint density at radius 3 is 2.87 bits per heavy atom. The van der Waals surface area contributed by atoms with Gasteiger partial charge in [-0.3, -0.25) is 4.79 Å². The molecule has 2 aromatic rings. The zero-order valence-electron chi connectivity index (χ0n) is 13.2. The molecule has 0 bridgehead atoms. The highest BCUT2D eigenvalue weighted by atomic mass is 19.1. The second-order valence-electron chi connectivity index (χ2n) is 5.45. The Bertz CT molecular complexity index is 716. The molecule has 7 heteroatoms. The summed E-state index contributed by atoms with van der Waals surface area (Å²) in [7, 11) is 0. The summed E-state index contributed by atoms with van der Waals surface area (Å²) >= 11 is 0. The molecule has 1 aromatic heterocycles. The van der Waals surface area contributed by atoms with Crippen molar-refractivity contribution < 1.29 is 13.9 Å². The van der Waals surface area contributed by atoms with Crippen LogP contribution in [0.2, 0.25) is 0 Å². The van der Waals surface area contributed by atoms with Gasteiger partial charge in [-0.25, -0.2) is 4.39 Å². The van der Waals surface area contributed by atoms with Crippen LogP contribution in [0.15, 0.2) is 24.3 Å². The summed E-state index contributed by atoms with van der Waals surface area (Å²) in [5.41, 5.74) is 1.42. The molecule has 1 aromatic carbocycles. The lowest BCUT2D eigenvalue weighted by Gasteiger charge is -2.33. The number of rotatable bonds is 3. The van der Waals surface area contributed by atoms with Crippen molar-refractivity contribution in [2.45, 2.75) is 26.5 Å². The maximum Gasteiger partial charge on any atom is 0.276 e. The predicted molar refractivity (Wildman–Crippen MR) is 81.4 cm³/mol. The van der Waals surface area contributed by atoms with Gasteiger partial charge in [-0.15, -0.1) is 5.10 Å². The minimum absolute atomic E-state index is 0.188. The van der Waals surface area contributed by atoms with Gasteiger partial charge in [-0.1, -0.05) is 18.2 Å². The molecule has 1 aliphatic rings. The first-order valence-corrected chi connectivity index (χ1v) is 7.67. The summed E-state index contributed by atoms with van der Waals surface area (Å²) in [5.74, 6) is -0.508. The van der Waals surface area contributed by atoms with Crippen LogP contribution in [0.5, 0.6) is 0 Å². The Labute approximate surface area is 133 Å². The Kier molecular flexibility index (Phi) is 4.38. The number of hydrogen-bond donors (Lipinski definition) is 0. The van der Waals surface area contributed by atoms with Gasteiger partial charge in [-0.05, 0) is 19.9 Å².